The number of nitrogens with one attached hydrogen (secondary N) is 1. The Kier molecular flexibility index (Phi) is 43.7. The van der Waals surface area contributed by atoms with Crippen molar-refractivity contribution in [1.82, 2.24) is 5.32 Å². The van der Waals surface area contributed by atoms with Crippen LogP contribution in [0.1, 0.15) is 233 Å². The number of aliphatic hydroxyl groups is 2. The van der Waals surface area contributed by atoms with Crippen molar-refractivity contribution in [3.63, 3.8) is 0 Å². The lowest BCUT2D eigenvalue weighted by Crippen LogP contribution is -2.46. The molecule has 3 unspecified atom stereocenters. The Morgan fingerprint density at radius 1 is 0.517 bits per heavy atom. The van der Waals surface area contributed by atoms with Crippen LogP contribution in [0.5, 0.6) is 0 Å². The summed E-state index contributed by atoms with van der Waals surface area (Å²) in [6, 6.07) is -0.716. The zero-order valence-electron chi connectivity index (χ0n) is 38.2. The summed E-state index contributed by atoms with van der Waals surface area (Å²) < 4.78 is 5.88. The third kappa shape index (κ3) is 40.3. The second-order valence-corrected chi connectivity index (χ2v) is 16.6. The van der Waals surface area contributed by atoms with Crippen molar-refractivity contribution in [3.8, 4) is 0 Å². The van der Waals surface area contributed by atoms with Gasteiger partial charge in [0.05, 0.1) is 25.2 Å². The zero-order valence-corrected chi connectivity index (χ0v) is 38.2. The standard InChI is InChI=1S/C52H93NO5/c1-4-7-10-13-16-19-22-24-25-26-28-30-32-35-38-41-44-50(55)49(47-54)53-51(56)46-48(43-40-37-34-31-29-27-23-20-17-14-11-8-5-2)58-52(57)45-42-39-36-33-21-18-15-12-9-6-3/h8,11-12,14-15,17,20,23,27,29,48-50,54-55H,4-7,9-10,13,16,18-19,21-22,24-26,28,30-47H2,1-3H3,(H,53,56)/b11-8+,15-12-,17-14+,23-20+,29-27-. The quantitative estimate of drug-likeness (QED) is 0.0247. The minimum Gasteiger partial charge on any atom is -0.462 e. The van der Waals surface area contributed by atoms with Crippen LogP contribution < -0.4 is 5.32 Å². The van der Waals surface area contributed by atoms with Crippen LogP contribution in [0.15, 0.2) is 60.8 Å². The lowest BCUT2D eigenvalue weighted by atomic mass is 10.0. The van der Waals surface area contributed by atoms with Gasteiger partial charge in [0.15, 0.2) is 0 Å². The Morgan fingerprint density at radius 3 is 1.55 bits per heavy atom. The minimum absolute atomic E-state index is 0.0468. The Labute approximate surface area is 358 Å². The van der Waals surface area contributed by atoms with Crippen molar-refractivity contribution >= 4 is 11.9 Å². The van der Waals surface area contributed by atoms with Gasteiger partial charge in [-0.25, -0.2) is 0 Å². The van der Waals surface area contributed by atoms with E-state index in [1.807, 2.05) is 24.3 Å². The van der Waals surface area contributed by atoms with Gasteiger partial charge in [-0.3, -0.25) is 9.59 Å². The van der Waals surface area contributed by atoms with Crippen LogP contribution in [0.2, 0.25) is 0 Å². The molecule has 0 radical (unpaired) electrons. The van der Waals surface area contributed by atoms with Gasteiger partial charge in [0.2, 0.25) is 5.91 Å². The Morgan fingerprint density at radius 2 is 0.983 bits per heavy atom. The van der Waals surface area contributed by atoms with Gasteiger partial charge in [-0.1, -0.05) is 216 Å². The fraction of sp³-hybridized carbons (Fsp3) is 0.769. The maximum absolute atomic E-state index is 13.2. The lowest BCUT2D eigenvalue weighted by Gasteiger charge is -2.24. The van der Waals surface area contributed by atoms with E-state index < -0.39 is 18.2 Å². The highest BCUT2D eigenvalue weighted by Gasteiger charge is 2.24. The van der Waals surface area contributed by atoms with Gasteiger partial charge in [-0.05, 0) is 64.2 Å². The van der Waals surface area contributed by atoms with Crippen LogP contribution in [0, 0.1) is 0 Å². The summed E-state index contributed by atoms with van der Waals surface area (Å²) in [5.41, 5.74) is 0. The smallest absolute Gasteiger partial charge is 0.306 e. The van der Waals surface area contributed by atoms with Crippen molar-refractivity contribution < 1.29 is 24.5 Å². The fourth-order valence-corrected chi connectivity index (χ4v) is 7.21. The average Bonchev–Trinajstić information content (AvgIpc) is 3.22. The minimum atomic E-state index is -0.800. The molecular weight excluding hydrogens is 719 g/mol. The molecule has 0 rings (SSSR count). The van der Waals surface area contributed by atoms with Crippen molar-refractivity contribution in [3.05, 3.63) is 60.8 Å². The molecule has 0 aromatic rings. The van der Waals surface area contributed by atoms with Crippen molar-refractivity contribution in [1.29, 1.82) is 0 Å². The summed E-state index contributed by atoms with van der Waals surface area (Å²) in [4.78, 5) is 26.0. The van der Waals surface area contributed by atoms with E-state index in [4.69, 9.17) is 4.74 Å². The van der Waals surface area contributed by atoms with Crippen LogP contribution in [-0.4, -0.2) is 46.9 Å². The molecule has 0 fully saturated rings. The number of rotatable bonds is 43. The topological polar surface area (TPSA) is 95.9 Å². The summed E-state index contributed by atoms with van der Waals surface area (Å²) >= 11 is 0. The van der Waals surface area contributed by atoms with Crippen LogP contribution in [0.25, 0.3) is 0 Å². The van der Waals surface area contributed by atoms with Crippen molar-refractivity contribution in [2.45, 2.75) is 251 Å². The number of unbranched alkanes of at least 4 members (excludes halogenated alkanes) is 24. The van der Waals surface area contributed by atoms with E-state index in [9.17, 15) is 19.8 Å². The molecule has 1 amide bonds. The summed E-state index contributed by atoms with van der Waals surface area (Å²) in [5, 5.41) is 23.7. The highest BCUT2D eigenvalue weighted by molar-refractivity contribution is 5.77. The largest absolute Gasteiger partial charge is 0.462 e. The molecule has 0 aromatic carbocycles. The van der Waals surface area contributed by atoms with Gasteiger partial charge in [0, 0.05) is 6.42 Å². The van der Waals surface area contributed by atoms with E-state index in [1.165, 1.54) is 103 Å². The number of hydrogen-bond acceptors (Lipinski definition) is 5. The summed E-state index contributed by atoms with van der Waals surface area (Å²) in [6.45, 7) is 6.27. The Hall–Kier alpha value is -2.44. The number of carbonyl (C=O) groups is 2. The molecule has 58 heavy (non-hydrogen) atoms. The summed E-state index contributed by atoms with van der Waals surface area (Å²) in [5.74, 6) is -0.527. The highest BCUT2D eigenvalue weighted by Crippen LogP contribution is 2.17. The molecule has 0 saturated carbocycles. The molecule has 0 aliphatic carbocycles. The molecule has 0 aromatic heterocycles. The first-order valence-corrected chi connectivity index (χ1v) is 24.6. The van der Waals surface area contributed by atoms with E-state index >= 15 is 0 Å². The molecule has 0 heterocycles. The third-order valence-electron chi connectivity index (χ3n) is 10.9. The van der Waals surface area contributed by atoms with Crippen LogP contribution in [-0.2, 0) is 14.3 Å². The maximum Gasteiger partial charge on any atom is 0.306 e. The first-order chi connectivity index (χ1) is 28.5. The predicted octanol–water partition coefficient (Wildman–Crippen LogP) is 14.5. The number of amides is 1. The Bertz CT molecular complexity index is 1050. The zero-order chi connectivity index (χ0) is 42.4. The molecule has 0 aliphatic rings. The van der Waals surface area contributed by atoms with Gasteiger partial charge in [-0.2, -0.15) is 0 Å². The average molecular weight is 812 g/mol. The van der Waals surface area contributed by atoms with Crippen molar-refractivity contribution in [2.75, 3.05) is 6.61 Å². The molecule has 0 saturated heterocycles. The summed E-state index contributed by atoms with van der Waals surface area (Å²) in [7, 11) is 0. The van der Waals surface area contributed by atoms with Gasteiger partial charge >= 0.3 is 5.97 Å². The highest BCUT2D eigenvalue weighted by atomic mass is 16.5. The molecule has 0 bridgehead atoms. The fourth-order valence-electron chi connectivity index (χ4n) is 7.21. The molecule has 0 spiro atoms. The number of allylic oxidation sites excluding steroid dienone is 10. The molecule has 6 heteroatoms. The van der Waals surface area contributed by atoms with Gasteiger partial charge in [0.25, 0.3) is 0 Å². The number of ether oxygens (including phenoxy) is 1. The lowest BCUT2D eigenvalue weighted by molar-refractivity contribution is -0.151. The second-order valence-electron chi connectivity index (χ2n) is 16.6. The van der Waals surface area contributed by atoms with Crippen molar-refractivity contribution in [2.24, 2.45) is 0 Å². The van der Waals surface area contributed by atoms with Gasteiger partial charge in [-0.15, -0.1) is 0 Å². The number of carbonyl (C=O) groups excluding carboxylic acids is 2. The molecule has 3 atom stereocenters. The maximum atomic E-state index is 13.2. The third-order valence-corrected chi connectivity index (χ3v) is 10.9. The van der Waals surface area contributed by atoms with Gasteiger partial charge in [0.1, 0.15) is 6.10 Å². The van der Waals surface area contributed by atoms with Crippen LogP contribution >= 0.6 is 0 Å². The van der Waals surface area contributed by atoms with E-state index in [1.54, 1.807) is 0 Å². The molecule has 3 N–H and O–H groups in total. The molecule has 6 nitrogen and oxygen atoms in total. The SMILES string of the molecule is CC/C=C/C=C/C=C/C=C\CCCCCC(CC(=O)NC(CO)C(O)CCCCCCCCCCCCCCCCCC)OC(=O)CCCCCCC/C=C\CCC. The van der Waals surface area contributed by atoms with Crippen LogP contribution in [0.4, 0.5) is 0 Å². The number of aliphatic hydroxyl groups excluding tert-OH is 2. The monoisotopic (exact) mass is 812 g/mol. The first-order valence-electron chi connectivity index (χ1n) is 24.6. The predicted molar refractivity (Wildman–Crippen MR) is 250 cm³/mol. The van der Waals surface area contributed by atoms with E-state index in [-0.39, 0.29) is 24.9 Å². The summed E-state index contributed by atoms with van der Waals surface area (Å²) in [6.07, 6.45) is 55.7. The van der Waals surface area contributed by atoms with Crippen LogP contribution in [0.3, 0.4) is 0 Å². The Balaban J connectivity index is 4.57. The van der Waals surface area contributed by atoms with Gasteiger partial charge < -0.3 is 20.3 Å². The van der Waals surface area contributed by atoms with E-state index in [2.05, 4.69) is 62.5 Å². The number of hydrogen-bond donors (Lipinski definition) is 3. The molecular formula is C52H93NO5. The molecule has 0 aliphatic heterocycles. The first kappa shape index (κ1) is 55.6. The molecule has 336 valence electrons. The second kappa shape index (κ2) is 45.6. The normalized spacial score (nSPS) is 13.8. The van der Waals surface area contributed by atoms with E-state index in [0.29, 0.717) is 19.3 Å². The van der Waals surface area contributed by atoms with E-state index in [0.717, 1.165) is 83.5 Å². The number of esters is 1.